The van der Waals surface area contributed by atoms with Crippen LogP contribution in [0.15, 0.2) is 0 Å². The van der Waals surface area contributed by atoms with E-state index in [-0.39, 0.29) is 5.92 Å². The summed E-state index contributed by atoms with van der Waals surface area (Å²) < 4.78 is 5.49. The van der Waals surface area contributed by atoms with Gasteiger partial charge in [0.05, 0.1) is 12.0 Å². The van der Waals surface area contributed by atoms with Gasteiger partial charge in [-0.1, -0.05) is 0 Å². The van der Waals surface area contributed by atoms with E-state index in [1.165, 1.54) is 0 Å². The fraction of sp³-hybridized carbons (Fsp3) is 0.889. The SMILES string of the molecule is O=C(O)[C@H]1CC[C@@H]2OCC[C@@H]2C1. The zero-order valence-electron chi connectivity index (χ0n) is 7.03. The van der Waals surface area contributed by atoms with Gasteiger partial charge in [0.15, 0.2) is 0 Å². The van der Waals surface area contributed by atoms with Gasteiger partial charge in [0.2, 0.25) is 0 Å². The van der Waals surface area contributed by atoms with E-state index in [4.69, 9.17) is 9.84 Å². The first-order valence-electron chi connectivity index (χ1n) is 4.62. The Morgan fingerprint density at radius 3 is 2.92 bits per heavy atom. The summed E-state index contributed by atoms with van der Waals surface area (Å²) >= 11 is 0. The number of ether oxygens (including phenoxy) is 1. The Morgan fingerprint density at radius 1 is 1.33 bits per heavy atom. The van der Waals surface area contributed by atoms with E-state index >= 15 is 0 Å². The lowest BCUT2D eigenvalue weighted by molar-refractivity contribution is -0.144. The standard InChI is InChI=1S/C9H14O3/c10-9(11)7-1-2-8-6(5-7)3-4-12-8/h6-8H,1-5H2,(H,10,11)/t6-,7+,8+/m1/s1. The molecule has 1 aliphatic heterocycles. The van der Waals surface area contributed by atoms with E-state index in [1.54, 1.807) is 0 Å². The third-order valence-electron chi connectivity index (χ3n) is 3.08. The van der Waals surface area contributed by atoms with E-state index in [1.807, 2.05) is 0 Å². The van der Waals surface area contributed by atoms with Crippen LogP contribution < -0.4 is 0 Å². The molecular formula is C9H14O3. The largest absolute Gasteiger partial charge is 0.481 e. The number of fused-ring (bicyclic) bond motifs is 1. The molecule has 3 heteroatoms. The molecule has 0 amide bonds. The van der Waals surface area contributed by atoms with Gasteiger partial charge >= 0.3 is 5.97 Å². The van der Waals surface area contributed by atoms with Gasteiger partial charge in [-0.05, 0) is 31.6 Å². The van der Waals surface area contributed by atoms with E-state index in [0.717, 1.165) is 32.3 Å². The topological polar surface area (TPSA) is 46.5 Å². The van der Waals surface area contributed by atoms with Crippen LogP contribution in [0.5, 0.6) is 0 Å². The predicted octanol–water partition coefficient (Wildman–Crippen LogP) is 1.28. The molecular weight excluding hydrogens is 156 g/mol. The number of aliphatic carboxylic acids is 1. The molecule has 3 nitrogen and oxygen atoms in total. The van der Waals surface area contributed by atoms with Crippen LogP contribution in [0.4, 0.5) is 0 Å². The molecule has 1 saturated heterocycles. The minimum atomic E-state index is -0.625. The molecule has 1 aliphatic carbocycles. The quantitative estimate of drug-likeness (QED) is 0.644. The normalized spacial score (nSPS) is 40.8. The van der Waals surface area contributed by atoms with Crippen LogP contribution >= 0.6 is 0 Å². The molecule has 1 N–H and O–H groups in total. The molecule has 0 radical (unpaired) electrons. The van der Waals surface area contributed by atoms with Crippen molar-refractivity contribution >= 4 is 5.97 Å². The summed E-state index contributed by atoms with van der Waals surface area (Å²) in [5.74, 6) is -0.201. The van der Waals surface area contributed by atoms with Gasteiger partial charge in [0.25, 0.3) is 0 Å². The van der Waals surface area contributed by atoms with Crippen molar-refractivity contribution in [2.24, 2.45) is 11.8 Å². The van der Waals surface area contributed by atoms with Crippen LogP contribution in [0.2, 0.25) is 0 Å². The second kappa shape index (κ2) is 3.05. The van der Waals surface area contributed by atoms with Crippen molar-refractivity contribution in [1.82, 2.24) is 0 Å². The summed E-state index contributed by atoms with van der Waals surface area (Å²) in [7, 11) is 0. The minimum Gasteiger partial charge on any atom is -0.481 e. The first-order valence-corrected chi connectivity index (χ1v) is 4.62. The first-order chi connectivity index (χ1) is 5.77. The number of carbonyl (C=O) groups is 1. The molecule has 0 aromatic carbocycles. The highest BCUT2D eigenvalue weighted by molar-refractivity contribution is 5.70. The Balaban J connectivity index is 1.96. The lowest BCUT2D eigenvalue weighted by Crippen LogP contribution is -2.29. The van der Waals surface area contributed by atoms with Crippen molar-refractivity contribution in [3.63, 3.8) is 0 Å². The molecule has 0 unspecified atom stereocenters. The summed E-state index contributed by atoms with van der Waals surface area (Å²) in [6.45, 7) is 0.835. The molecule has 1 heterocycles. The minimum absolute atomic E-state index is 0.104. The summed E-state index contributed by atoms with van der Waals surface area (Å²) in [4.78, 5) is 10.7. The maximum Gasteiger partial charge on any atom is 0.306 e. The van der Waals surface area contributed by atoms with Gasteiger partial charge in [-0.2, -0.15) is 0 Å². The average molecular weight is 170 g/mol. The highest BCUT2D eigenvalue weighted by Crippen LogP contribution is 2.37. The second-order valence-corrected chi connectivity index (χ2v) is 3.81. The number of hydrogen-bond acceptors (Lipinski definition) is 2. The monoisotopic (exact) mass is 170 g/mol. The predicted molar refractivity (Wildman–Crippen MR) is 42.8 cm³/mol. The number of rotatable bonds is 1. The van der Waals surface area contributed by atoms with Gasteiger partial charge in [0.1, 0.15) is 0 Å². The summed E-state index contributed by atoms with van der Waals surface area (Å²) in [5, 5.41) is 8.82. The second-order valence-electron chi connectivity index (χ2n) is 3.81. The van der Waals surface area contributed by atoms with Gasteiger partial charge in [-0.3, -0.25) is 4.79 Å². The highest BCUT2D eigenvalue weighted by Gasteiger charge is 2.37. The highest BCUT2D eigenvalue weighted by atomic mass is 16.5. The fourth-order valence-electron chi connectivity index (χ4n) is 2.35. The molecule has 0 bridgehead atoms. The van der Waals surface area contributed by atoms with Gasteiger partial charge in [-0.15, -0.1) is 0 Å². The van der Waals surface area contributed by atoms with Crippen molar-refractivity contribution in [2.75, 3.05) is 6.61 Å². The summed E-state index contributed by atoms with van der Waals surface area (Å²) in [6, 6.07) is 0. The van der Waals surface area contributed by atoms with Gasteiger partial charge < -0.3 is 9.84 Å². The van der Waals surface area contributed by atoms with Crippen LogP contribution in [-0.4, -0.2) is 23.8 Å². The molecule has 0 spiro atoms. The van der Waals surface area contributed by atoms with Crippen molar-refractivity contribution in [2.45, 2.75) is 31.8 Å². The van der Waals surface area contributed by atoms with Gasteiger partial charge in [0, 0.05) is 6.61 Å². The van der Waals surface area contributed by atoms with Crippen molar-refractivity contribution in [3.05, 3.63) is 0 Å². The Bertz CT molecular complexity index is 190. The van der Waals surface area contributed by atoms with Crippen molar-refractivity contribution < 1.29 is 14.6 Å². The average Bonchev–Trinajstić information content (AvgIpc) is 2.49. The van der Waals surface area contributed by atoms with E-state index in [0.29, 0.717) is 12.0 Å². The van der Waals surface area contributed by atoms with E-state index < -0.39 is 5.97 Å². The molecule has 68 valence electrons. The Hall–Kier alpha value is -0.570. The smallest absolute Gasteiger partial charge is 0.306 e. The maximum atomic E-state index is 10.7. The molecule has 2 aliphatic rings. The zero-order valence-corrected chi connectivity index (χ0v) is 7.03. The van der Waals surface area contributed by atoms with Crippen LogP contribution in [0.3, 0.4) is 0 Å². The molecule has 2 rings (SSSR count). The first kappa shape index (κ1) is 8.05. The van der Waals surface area contributed by atoms with E-state index in [2.05, 4.69) is 0 Å². The lowest BCUT2D eigenvalue weighted by atomic mass is 9.79. The van der Waals surface area contributed by atoms with Crippen LogP contribution in [0.1, 0.15) is 25.7 Å². The number of carboxylic acid groups (broad SMARTS) is 1. The van der Waals surface area contributed by atoms with Crippen LogP contribution in [-0.2, 0) is 9.53 Å². The molecule has 3 atom stereocenters. The Labute approximate surface area is 71.7 Å². The fourth-order valence-corrected chi connectivity index (χ4v) is 2.35. The third-order valence-corrected chi connectivity index (χ3v) is 3.08. The van der Waals surface area contributed by atoms with E-state index in [9.17, 15) is 4.79 Å². The Morgan fingerprint density at radius 2 is 2.17 bits per heavy atom. The van der Waals surface area contributed by atoms with Crippen LogP contribution in [0.25, 0.3) is 0 Å². The summed E-state index contributed by atoms with van der Waals surface area (Å²) in [6.07, 6.45) is 4.02. The molecule has 1 saturated carbocycles. The lowest BCUT2D eigenvalue weighted by Gasteiger charge is -2.28. The number of hydrogen-bond donors (Lipinski definition) is 1. The molecule has 0 aromatic heterocycles. The molecule has 2 fully saturated rings. The zero-order chi connectivity index (χ0) is 8.55. The third kappa shape index (κ3) is 1.33. The number of carboxylic acids is 1. The summed E-state index contributed by atoms with van der Waals surface area (Å²) in [5.41, 5.74) is 0. The van der Waals surface area contributed by atoms with Crippen LogP contribution in [0, 0.1) is 11.8 Å². The van der Waals surface area contributed by atoms with Gasteiger partial charge in [-0.25, -0.2) is 0 Å². The molecule has 12 heavy (non-hydrogen) atoms. The maximum absolute atomic E-state index is 10.7. The molecule has 0 aromatic rings. The Kier molecular flexibility index (Phi) is 2.05. The van der Waals surface area contributed by atoms with Crippen molar-refractivity contribution in [3.8, 4) is 0 Å². The van der Waals surface area contributed by atoms with Crippen molar-refractivity contribution in [1.29, 1.82) is 0 Å².